The maximum absolute atomic E-state index is 9.10. The molecule has 0 bridgehead atoms. The van der Waals surface area contributed by atoms with Crippen LogP contribution in [-0.4, -0.2) is 31.5 Å². The first kappa shape index (κ1) is 15.4. The number of nitriles is 1. The number of hydrogen-bond donors (Lipinski definition) is 1. The molecule has 2 unspecified atom stereocenters. The maximum Gasteiger partial charge on any atom is 0.107 e. The van der Waals surface area contributed by atoms with Gasteiger partial charge in [0, 0.05) is 20.3 Å². The molecule has 4 heteroatoms. The number of nitrogens with two attached hydrogens (primary N) is 1. The number of rotatable bonds is 7. The molecule has 0 aromatic carbocycles. The van der Waals surface area contributed by atoms with Crippen molar-refractivity contribution in [3.8, 4) is 6.07 Å². The van der Waals surface area contributed by atoms with Crippen molar-refractivity contribution in [2.45, 2.75) is 57.1 Å². The van der Waals surface area contributed by atoms with Crippen molar-refractivity contribution in [3.05, 3.63) is 0 Å². The molecule has 0 amide bonds. The molecule has 2 N–H and O–H groups in total. The second-order valence-electron chi connectivity index (χ2n) is 5.86. The van der Waals surface area contributed by atoms with E-state index in [4.69, 9.17) is 20.5 Å². The van der Waals surface area contributed by atoms with E-state index in [2.05, 4.69) is 6.07 Å². The van der Waals surface area contributed by atoms with Gasteiger partial charge in [-0.1, -0.05) is 6.42 Å². The van der Waals surface area contributed by atoms with E-state index in [9.17, 15) is 0 Å². The van der Waals surface area contributed by atoms with Crippen LogP contribution in [0.2, 0.25) is 0 Å². The molecule has 0 aliphatic heterocycles. The Morgan fingerprint density at radius 1 is 1.44 bits per heavy atom. The van der Waals surface area contributed by atoms with Gasteiger partial charge in [-0.15, -0.1) is 0 Å². The van der Waals surface area contributed by atoms with Gasteiger partial charge in [0.2, 0.25) is 0 Å². The Labute approximate surface area is 110 Å². The zero-order chi connectivity index (χ0) is 13.6. The van der Waals surface area contributed by atoms with Crippen LogP contribution in [0.1, 0.15) is 46.0 Å². The van der Waals surface area contributed by atoms with Gasteiger partial charge in [0.25, 0.3) is 0 Å². The zero-order valence-corrected chi connectivity index (χ0v) is 11.9. The van der Waals surface area contributed by atoms with Crippen LogP contribution < -0.4 is 5.73 Å². The second-order valence-corrected chi connectivity index (χ2v) is 5.86. The highest BCUT2D eigenvalue weighted by Gasteiger charge is 2.39. The third-order valence-corrected chi connectivity index (χ3v) is 4.09. The highest BCUT2D eigenvalue weighted by atomic mass is 16.5. The van der Waals surface area contributed by atoms with E-state index in [0.717, 1.165) is 32.1 Å². The predicted octanol–water partition coefficient (Wildman–Crippen LogP) is 2.23. The molecule has 1 aliphatic rings. The van der Waals surface area contributed by atoms with Crippen LogP contribution in [0.5, 0.6) is 0 Å². The van der Waals surface area contributed by atoms with Gasteiger partial charge in [-0.25, -0.2) is 0 Å². The summed E-state index contributed by atoms with van der Waals surface area (Å²) >= 11 is 0. The summed E-state index contributed by atoms with van der Waals surface area (Å²) in [4.78, 5) is 0. The van der Waals surface area contributed by atoms with E-state index in [0.29, 0.717) is 13.2 Å². The first-order valence-corrected chi connectivity index (χ1v) is 6.76. The van der Waals surface area contributed by atoms with Crippen molar-refractivity contribution in [2.75, 3.05) is 20.3 Å². The van der Waals surface area contributed by atoms with Crippen molar-refractivity contribution in [2.24, 2.45) is 11.7 Å². The third-order valence-electron chi connectivity index (χ3n) is 4.09. The van der Waals surface area contributed by atoms with Crippen LogP contribution in [0.4, 0.5) is 0 Å². The summed E-state index contributed by atoms with van der Waals surface area (Å²) in [6, 6.07) is 2.27. The van der Waals surface area contributed by atoms with Crippen molar-refractivity contribution in [1.82, 2.24) is 0 Å². The van der Waals surface area contributed by atoms with E-state index in [-0.39, 0.29) is 11.5 Å². The van der Waals surface area contributed by atoms with Crippen LogP contribution in [-0.2, 0) is 9.47 Å². The minimum absolute atomic E-state index is 0.127. The summed E-state index contributed by atoms with van der Waals surface area (Å²) in [5.74, 6) is 0.290. The van der Waals surface area contributed by atoms with Crippen molar-refractivity contribution < 1.29 is 9.47 Å². The first-order valence-electron chi connectivity index (χ1n) is 6.76. The average Bonchev–Trinajstić information content (AvgIpc) is 2.71. The maximum atomic E-state index is 9.10. The lowest BCUT2D eigenvalue weighted by Crippen LogP contribution is -2.42. The molecule has 0 aromatic heterocycles. The normalized spacial score (nSPS) is 28.3. The average molecular weight is 254 g/mol. The van der Waals surface area contributed by atoms with Crippen LogP contribution in [0.3, 0.4) is 0 Å². The summed E-state index contributed by atoms with van der Waals surface area (Å²) in [5, 5.41) is 9.10. The van der Waals surface area contributed by atoms with Gasteiger partial charge in [-0.05, 0) is 45.4 Å². The monoisotopic (exact) mass is 254 g/mol. The highest BCUT2D eigenvalue weighted by molar-refractivity contribution is 5.11. The van der Waals surface area contributed by atoms with Gasteiger partial charge >= 0.3 is 0 Å². The molecule has 0 heterocycles. The Kier molecular flexibility index (Phi) is 5.58. The first-order chi connectivity index (χ1) is 8.43. The fourth-order valence-electron chi connectivity index (χ4n) is 2.40. The Balaban J connectivity index is 2.17. The standard InChI is InChI=1S/C14H26N2O2/c1-13(2,17-3)8-10-18-9-6-12-5-4-7-14(12,16)11-15/h12H,4-10,16H2,1-3H3. The lowest BCUT2D eigenvalue weighted by Gasteiger charge is -2.25. The van der Waals surface area contributed by atoms with E-state index in [1.165, 1.54) is 0 Å². The molecule has 4 nitrogen and oxygen atoms in total. The summed E-state index contributed by atoms with van der Waals surface area (Å²) in [5.41, 5.74) is 5.33. The van der Waals surface area contributed by atoms with Gasteiger partial charge in [0.1, 0.15) is 5.54 Å². The number of methoxy groups -OCH3 is 1. The van der Waals surface area contributed by atoms with E-state index in [1.54, 1.807) is 7.11 Å². The molecule has 2 atom stereocenters. The fraction of sp³-hybridized carbons (Fsp3) is 0.929. The van der Waals surface area contributed by atoms with Crippen molar-refractivity contribution in [3.63, 3.8) is 0 Å². The topological polar surface area (TPSA) is 68.3 Å². The predicted molar refractivity (Wildman–Crippen MR) is 71.0 cm³/mol. The molecule has 1 fully saturated rings. The molecule has 0 radical (unpaired) electrons. The van der Waals surface area contributed by atoms with Gasteiger partial charge in [0.05, 0.1) is 11.7 Å². The van der Waals surface area contributed by atoms with Crippen molar-refractivity contribution in [1.29, 1.82) is 5.26 Å². The number of hydrogen-bond acceptors (Lipinski definition) is 4. The van der Waals surface area contributed by atoms with Gasteiger partial charge in [-0.3, -0.25) is 0 Å². The van der Waals surface area contributed by atoms with Gasteiger partial charge in [0.15, 0.2) is 0 Å². The molecule has 0 spiro atoms. The van der Waals surface area contributed by atoms with E-state index in [1.807, 2.05) is 13.8 Å². The Morgan fingerprint density at radius 2 is 2.17 bits per heavy atom. The van der Waals surface area contributed by atoms with Crippen LogP contribution in [0.25, 0.3) is 0 Å². The SMILES string of the molecule is COC(C)(C)CCOCCC1CCCC1(N)C#N. The molecule has 104 valence electrons. The summed E-state index contributed by atoms with van der Waals surface area (Å²) in [6.45, 7) is 5.48. The van der Waals surface area contributed by atoms with Gasteiger partial charge in [-0.2, -0.15) is 5.26 Å². The largest absolute Gasteiger partial charge is 0.381 e. The minimum Gasteiger partial charge on any atom is -0.381 e. The number of nitrogens with zero attached hydrogens (tertiary/aromatic N) is 1. The highest BCUT2D eigenvalue weighted by Crippen LogP contribution is 2.35. The lowest BCUT2D eigenvalue weighted by atomic mass is 9.87. The zero-order valence-electron chi connectivity index (χ0n) is 11.9. The second kappa shape index (κ2) is 6.51. The lowest BCUT2D eigenvalue weighted by molar-refractivity contribution is -0.0115. The summed E-state index contributed by atoms with van der Waals surface area (Å²) in [6.07, 6.45) is 4.70. The van der Waals surface area contributed by atoms with E-state index < -0.39 is 5.54 Å². The minimum atomic E-state index is -0.616. The fourth-order valence-corrected chi connectivity index (χ4v) is 2.40. The molecule has 18 heavy (non-hydrogen) atoms. The molecule has 0 saturated heterocycles. The van der Waals surface area contributed by atoms with Gasteiger partial charge < -0.3 is 15.2 Å². The molecule has 1 saturated carbocycles. The van der Waals surface area contributed by atoms with Crippen LogP contribution in [0, 0.1) is 17.2 Å². The quantitative estimate of drug-likeness (QED) is 0.707. The summed E-state index contributed by atoms with van der Waals surface area (Å²) < 4.78 is 11.0. The van der Waals surface area contributed by atoms with Crippen molar-refractivity contribution >= 4 is 0 Å². The molecule has 1 rings (SSSR count). The molecular weight excluding hydrogens is 228 g/mol. The third kappa shape index (κ3) is 4.24. The molecule has 0 aromatic rings. The Hall–Kier alpha value is -0.630. The van der Waals surface area contributed by atoms with Crippen LogP contribution >= 0.6 is 0 Å². The van der Waals surface area contributed by atoms with E-state index >= 15 is 0 Å². The molecule has 1 aliphatic carbocycles. The van der Waals surface area contributed by atoms with Crippen LogP contribution in [0.15, 0.2) is 0 Å². The smallest absolute Gasteiger partial charge is 0.107 e. The summed E-state index contributed by atoms with van der Waals surface area (Å²) in [7, 11) is 1.72. The molecular formula is C14H26N2O2. The number of ether oxygens (including phenoxy) is 2. The Bertz CT molecular complexity index is 299. The Morgan fingerprint density at radius 3 is 2.78 bits per heavy atom.